The summed E-state index contributed by atoms with van der Waals surface area (Å²) in [6.45, 7) is 12.7. The molecule has 5 fully saturated rings. The summed E-state index contributed by atoms with van der Waals surface area (Å²) >= 11 is 0. The fourth-order valence-electron chi connectivity index (χ4n) is 12.5. The number of esters is 1. The molecule has 4 saturated carbocycles. The molecule has 11 heteroatoms. The molecule has 1 heterocycles. The Labute approximate surface area is 284 Å². The van der Waals surface area contributed by atoms with E-state index in [0.29, 0.717) is 25.7 Å². The van der Waals surface area contributed by atoms with E-state index >= 15 is 0 Å². The van der Waals surface area contributed by atoms with Crippen molar-refractivity contribution >= 4 is 11.9 Å². The van der Waals surface area contributed by atoms with Crippen LogP contribution in [-0.4, -0.2) is 98.7 Å². The number of carboxylic acids is 1. The lowest BCUT2D eigenvalue weighted by Gasteiger charge is -2.72. The van der Waals surface area contributed by atoms with Gasteiger partial charge in [0, 0.05) is 11.3 Å². The quantitative estimate of drug-likeness (QED) is 0.143. The maximum Gasteiger partial charge on any atom is 0.337 e. The predicted molar refractivity (Wildman–Crippen MR) is 173 cm³/mol. The van der Waals surface area contributed by atoms with E-state index in [1.165, 1.54) is 0 Å². The van der Waals surface area contributed by atoms with Gasteiger partial charge in [-0.1, -0.05) is 46.3 Å². The maximum absolute atomic E-state index is 13.0. The Bertz CT molecular complexity index is 1330. The fourth-order valence-corrected chi connectivity index (χ4v) is 12.5. The highest BCUT2D eigenvalue weighted by atomic mass is 16.7. The number of fused-ring (bicyclic) bond motifs is 7. The van der Waals surface area contributed by atoms with Gasteiger partial charge in [0.05, 0.1) is 30.8 Å². The number of rotatable bonds is 5. The highest BCUT2D eigenvalue weighted by Crippen LogP contribution is 2.76. The molecule has 16 atom stereocenters. The van der Waals surface area contributed by atoms with Gasteiger partial charge in [0.2, 0.25) is 0 Å². The molecule has 0 aromatic heterocycles. The van der Waals surface area contributed by atoms with Crippen LogP contribution in [0.4, 0.5) is 0 Å². The first-order valence-electron chi connectivity index (χ1n) is 18.0. The Hall–Kier alpha value is -1.60. The number of carboxylic acid groups (broad SMARTS) is 1. The predicted octanol–water partition coefficient (Wildman–Crippen LogP) is 3.18. The number of aliphatic hydroxyl groups excluding tert-OH is 4. The number of aliphatic hydroxyl groups is 5. The van der Waals surface area contributed by atoms with Gasteiger partial charge in [0.25, 0.3) is 0 Å². The smallest absolute Gasteiger partial charge is 0.337 e. The molecule has 0 aromatic rings. The molecule has 5 aliphatic carbocycles. The molecule has 1 saturated heterocycles. The second-order valence-electron chi connectivity index (χ2n) is 17.6. The van der Waals surface area contributed by atoms with Crippen molar-refractivity contribution in [3.63, 3.8) is 0 Å². The molecule has 272 valence electrons. The van der Waals surface area contributed by atoms with Crippen LogP contribution in [0.25, 0.3) is 0 Å². The van der Waals surface area contributed by atoms with Crippen molar-refractivity contribution in [3.8, 4) is 0 Å². The number of ether oxygens (including phenoxy) is 3. The van der Waals surface area contributed by atoms with Gasteiger partial charge in [0.15, 0.2) is 12.4 Å². The Morgan fingerprint density at radius 3 is 2.23 bits per heavy atom. The first-order valence-corrected chi connectivity index (χ1v) is 18.0. The summed E-state index contributed by atoms with van der Waals surface area (Å²) in [4.78, 5) is 25.3. The Balaban J connectivity index is 1.32. The molecule has 0 unspecified atom stereocenters. The third-order valence-electron chi connectivity index (χ3n) is 15.9. The van der Waals surface area contributed by atoms with E-state index in [1.54, 1.807) is 0 Å². The first kappa shape index (κ1) is 36.2. The highest BCUT2D eigenvalue weighted by molar-refractivity contribution is 5.77. The molecule has 0 aromatic carbocycles. The van der Waals surface area contributed by atoms with E-state index in [2.05, 4.69) is 26.8 Å². The van der Waals surface area contributed by atoms with Crippen LogP contribution < -0.4 is 0 Å². The molecule has 0 bridgehead atoms. The van der Waals surface area contributed by atoms with Crippen molar-refractivity contribution < 1.29 is 54.4 Å². The second-order valence-corrected chi connectivity index (χ2v) is 17.6. The number of aliphatic carboxylic acids is 1. The first-order chi connectivity index (χ1) is 22.3. The average Bonchev–Trinajstić information content (AvgIpc) is 3.04. The highest BCUT2D eigenvalue weighted by Gasteiger charge is 2.72. The van der Waals surface area contributed by atoms with E-state index < -0.39 is 71.1 Å². The third-order valence-corrected chi connectivity index (χ3v) is 15.9. The van der Waals surface area contributed by atoms with Crippen molar-refractivity contribution in [3.05, 3.63) is 11.6 Å². The maximum atomic E-state index is 13.0. The summed E-state index contributed by atoms with van der Waals surface area (Å²) in [7, 11) is 1.14. The van der Waals surface area contributed by atoms with E-state index in [-0.39, 0.29) is 40.6 Å². The standard InChI is InChI=1S/C37H58O11/c1-19-10-15-37(31(43)44)17-16-34(4)20(28(37)36(19,6)45)8-9-22-32(2)13-12-23(33(3,18-38)21(32)11-14-35(22,34)5)47-30-26(41)24(39)25(40)27(48-30)29(42)46-7/h8,19,21-28,30,38-41,45H,9-18H2,1-7H3,(H,43,44)/t19-,21-,22-,23+,24+,25+,26-,27+,28-,30-,32+,33+,34-,35-,36-,37+/m1/s1. The van der Waals surface area contributed by atoms with Gasteiger partial charge in [0.1, 0.15) is 18.3 Å². The normalized spacial score (nSPS) is 54.9. The minimum Gasteiger partial charge on any atom is -0.481 e. The molecule has 0 radical (unpaired) electrons. The zero-order valence-electron chi connectivity index (χ0n) is 29.6. The Morgan fingerprint density at radius 2 is 1.60 bits per heavy atom. The van der Waals surface area contributed by atoms with Crippen molar-refractivity contribution in [1.29, 1.82) is 0 Å². The number of allylic oxidation sites excluding steroid dienone is 1. The van der Waals surface area contributed by atoms with E-state index in [1.807, 2.05) is 20.8 Å². The van der Waals surface area contributed by atoms with Crippen LogP contribution in [0.2, 0.25) is 0 Å². The van der Waals surface area contributed by atoms with Gasteiger partial charge in [-0.15, -0.1) is 0 Å². The van der Waals surface area contributed by atoms with E-state index in [0.717, 1.165) is 44.8 Å². The molecular formula is C37H58O11. The van der Waals surface area contributed by atoms with Gasteiger partial charge in [-0.3, -0.25) is 4.79 Å². The van der Waals surface area contributed by atoms with E-state index in [4.69, 9.17) is 14.2 Å². The summed E-state index contributed by atoms with van der Waals surface area (Å²) < 4.78 is 16.8. The van der Waals surface area contributed by atoms with Crippen LogP contribution in [-0.2, 0) is 23.8 Å². The van der Waals surface area contributed by atoms with Crippen LogP contribution in [0.1, 0.15) is 99.3 Å². The molecular weight excluding hydrogens is 620 g/mol. The van der Waals surface area contributed by atoms with Crippen LogP contribution in [0, 0.1) is 50.7 Å². The van der Waals surface area contributed by atoms with Gasteiger partial charge in [-0.2, -0.15) is 0 Å². The topological polar surface area (TPSA) is 183 Å². The minimum atomic E-state index is -1.69. The van der Waals surface area contributed by atoms with Gasteiger partial charge < -0.3 is 44.8 Å². The summed E-state index contributed by atoms with van der Waals surface area (Å²) in [5.74, 6) is -1.90. The second kappa shape index (κ2) is 11.7. The SMILES string of the molecule is COC(=O)[C@H]1O[C@@H](O[C@H]2CC[C@@]3(C)[C@@H](CC[C@]4(C)[C@@H]3CC=C3[C@H]5[C@](C(=O)O)(CC[C@@H](C)[C@@]5(C)O)CC[C@]34C)[C@]2(C)CO)[C@H](O)[C@@H](O)[C@@H]1O. The summed E-state index contributed by atoms with van der Waals surface area (Å²) in [5.41, 5.74) is -2.44. The molecule has 6 N–H and O–H groups in total. The zero-order chi connectivity index (χ0) is 35.4. The van der Waals surface area contributed by atoms with Gasteiger partial charge >= 0.3 is 11.9 Å². The number of carbonyl (C=O) groups is 2. The monoisotopic (exact) mass is 678 g/mol. The summed E-state index contributed by atoms with van der Waals surface area (Å²) in [5, 5.41) is 65.6. The van der Waals surface area contributed by atoms with Crippen molar-refractivity contribution in [2.45, 2.75) is 142 Å². The molecule has 48 heavy (non-hydrogen) atoms. The molecule has 1 aliphatic heterocycles. The number of hydrogen-bond acceptors (Lipinski definition) is 10. The third kappa shape index (κ3) is 4.63. The molecule has 11 nitrogen and oxygen atoms in total. The lowest BCUT2D eigenvalue weighted by Crippen LogP contribution is -2.68. The Morgan fingerprint density at radius 1 is 0.917 bits per heavy atom. The van der Waals surface area contributed by atoms with E-state index in [9.17, 15) is 40.2 Å². The number of hydrogen-bond donors (Lipinski definition) is 6. The lowest BCUT2D eigenvalue weighted by atomic mass is 9.33. The van der Waals surface area contributed by atoms with Crippen molar-refractivity contribution in [1.82, 2.24) is 0 Å². The largest absolute Gasteiger partial charge is 0.481 e. The van der Waals surface area contributed by atoms with Crippen LogP contribution >= 0.6 is 0 Å². The molecule has 6 aliphatic rings. The van der Waals surface area contributed by atoms with Gasteiger partial charge in [-0.05, 0) is 98.7 Å². The fraction of sp³-hybridized carbons (Fsp3) is 0.892. The van der Waals surface area contributed by atoms with Crippen molar-refractivity contribution in [2.75, 3.05) is 13.7 Å². The molecule has 0 spiro atoms. The number of carbonyl (C=O) groups excluding carboxylic acids is 1. The number of methoxy groups -OCH3 is 1. The Kier molecular flexibility index (Phi) is 8.84. The van der Waals surface area contributed by atoms with Crippen molar-refractivity contribution in [2.24, 2.45) is 50.7 Å². The zero-order valence-corrected chi connectivity index (χ0v) is 29.6. The molecule has 0 amide bonds. The van der Waals surface area contributed by atoms with Crippen LogP contribution in [0.5, 0.6) is 0 Å². The average molecular weight is 679 g/mol. The minimum absolute atomic E-state index is 0.0171. The van der Waals surface area contributed by atoms with Crippen LogP contribution in [0.15, 0.2) is 11.6 Å². The molecule has 6 rings (SSSR count). The summed E-state index contributed by atoms with van der Waals surface area (Å²) in [6.07, 6.45) is 0.0431. The van der Waals surface area contributed by atoms with Gasteiger partial charge in [-0.25, -0.2) is 4.79 Å². The summed E-state index contributed by atoms with van der Waals surface area (Å²) in [6, 6.07) is 0. The lowest BCUT2D eigenvalue weighted by molar-refractivity contribution is -0.327. The van der Waals surface area contributed by atoms with Crippen LogP contribution in [0.3, 0.4) is 0 Å².